The second-order valence-corrected chi connectivity index (χ2v) is 7.68. The third-order valence-corrected chi connectivity index (χ3v) is 5.44. The molecular formula is C17H11ClN4OS2. The molecule has 25 heavy (non-hydrogen) atoms. The van der Waals surface area contributed by atoms with Gasteiger partial charge >= 0.3 is 0 Å². The van der Waals surface area contributed by atoms with E-state index < -0.39 is 0 Å². The van der Waals surface area contributed by atoms with Gasteiger partial charge in [0.15, 0.2) is 5.13 Å². The number of carbonyl (C=O) groups is 1. The number of benzene rings is 2. The van der Waals surface area contributed by atoms with Crippen LogP contribution in [0.4, 0.5) is 5.13 Å². The van der Waals surface area contributed by atoms with Gasteiger partial charge in [0.1, 0.15) is 5.52 Å². The number of anilines is 1. The smallest absolute Gasteiger partial charge is 0.257 e. The quantitative estimate of drug-likeness (QED) is 0.554. The number of nitrogens with zero attached hydrogens (tertiary/aromatic N) is 3. The van der Waals surface area contributed by atoms with Crippen molar-refractivity contribution in [1.29, 1.82) is 0 Å². The molecule has 0 spiro atoms. The number of aromatic nitrogens is 3. The van der Waals surface area contributed by atoms with Crippen molar-refractivity contribution in [2.24, 2.45) is 0 Å². The Morgan fingerprint density at radius 2 is 2.00 bits per heavy atom. The number of hydrogen-bond acceptors (Lipinski definition) is 6. The van der Waals surface area contributed by atoms with E-state index in [1.807, 2.05) is 30.3 Å². The molecule has 0 fully saturated rings. The van der Waals surface area contributed by atoms with Crippen LogP contribution in [0.25, 0.3) is 10.2 Å². The summed E-state index contributed by atoms with van der Waals surface area (Å²) in [4.78, 5) is 17.7. The number of nitrogens with one attached hydrogen (secondary N) is 1. The lowest BCUT2D eigenvalue weighted by molar-refractivity contribution is 0.102. The van der Waals surface area contributed by atoms with Crippen LogP contribution in [0.3, 0.4) is 0 Å². The lowest BCUT2D eigenvalue weighted by atomic mass is 10.1. The van der Waals surface area contributed by atoms with E-state index in [-0.39, 0.29) is 5.91 Å². The number of carbonyl (C=O) groups excluding carboxylic acids is 1. The van der Waals surface area contributed by atoms with E-state index in [2.05, 4.69) is 19.9 Å². The predicted octanol–water partition coefficient (Wildman–Crippen LogP) is 4.64. The summed E-state index contributed by atoms with van der Waals surface area (Å²) in [5.41, 5.74) is 2.40. The van der Waals surface area contributed by atoms with E-state index in [1.54, 1.807) is 18.3 Å². The van der Waals surface area contributed by atoms with Gasteiger partial charge in [-0.15, -0.1) is 16.4 Å². The molecule has 0 aliphatic rings. The summed E-state index contributed by atoms with van der Waals surface area (Å²) < 4.78 is 4.83. The summed E-state index contributed by atoms with van der Waals surface area (Å²) in [5.74, 6) is -0.206. The fraction of sp³-hybridized carbons (Fsp3) is 0.0588. The van der Waals surface area contributed by atoms with E-state index in [0.29, 0.717) is 15.7 Å². The van der Waals surface area contributed by atoms with Crippen LogP contribution in [-0.4, -0.2) is 20.5 Å². The number of amides is 1. The van der Waals surface area contributed by atoms with E-state index in [4.69, 9.17) is 11.6 Å². The van der Waals surface area contributed by atoms with Crippen molar-refractivity contribution in [1.82, 2.24) is 14.6 Å². The maximum absolute atomic E-state index is 12.4. The molecule has 124 valence electrons. The standard InChI is InChI=1S/C17H11ClN4OS2/c18-12-4-1-10(2-5-12)7-13-9-19-17(24-13)20-16(23)11-3-6-15-14(8-11)21-22-25-15/h1-6,8-9H,7H2,(H,19,20,23). The maximum Gasteiger partial charge on any atom is 0.257 e. The van der Waals surface area contributed by atoms with Crippen LogP contribution in [0.1, 0.15) is 20.8 Å². The Balaban J connectivity index is 1.46. The highest BCUT2D eigenvalue weighted by Crippen LogP contribution is 2.23. The summed E-state index contributed by atoms with van der Waals surface area (Å²) in [6, 6.07) is 13.0. The summed E-state index contributed by atoms with van der Waals surface area (Å²) in [7, 11) is 0. The first-order chi connectivity index (χ1) is 12.2. The highest BCUT2D eigenvalue weighted by Gasteiger charge is 2.11. The maximum atomic E-state index is 12.4. The summed E-state index contributed by atoms with van der Waals surface area (Å²) in [6.45, 7) is 0. The average Bonchev–Trinajstić information content (AvgIpc) is 3.25. The van der Waals surface area contributed by atoms with Gasteiger partial charge in [-0.2, -0.15) is 0 Å². The third-order valence-electron chi connectivity index (χ3n) is 3.57. The van der Waals surface area contributed by atoms with E-state index in [0.717, 1.165) is 27.1 Å². The molecular weight excluding hydrogens is 376 g/mol. The molecule has 1 amide bonds. The van der Waals surface area contributed by atoms with Crippen LogP contribution in [0.15, 0.2) is 48.7 Å². The van der Waals surface area contributed by atoms with Crippen molar-refractivity contribution >= 4 is 55.7 Å². The lowest BCUT2D eigenvalue weighted by Gasteiger charge is -2.01. The summed E-state index contributed by atoms with van der Waals surface area (Å²) in [6.07, 6.45) is 2.53. The molecule has 2 aromatic carbocycles. The SMILES string of the molecule is O=C(Nc1ncc(Cc2ccc(Cl)cc2)s1)c1ccc2snnc2c1. The molecule has 2 heterocycles. The molecule has 4 aromatic rings. The van der Waals surface area contributed by atoms with Gasteiger partial charge in [-0.1, -0.05) is 28.2 Å². The van der Waals surface area contributed by atoms with Gasteiger partial charge < -0.3 is 0 Å². The highest BCUT2D eigenvalue weighted by molar-refractivity contribution is 7.15. The minimum atomic E-state index is -0.206. The molecule has 0 atom stereocenters. The Morgan fingerprint density at radius 1 is 1.16 bits per heavy atom. The zero-order chi connectivity index (χ0) is 17.2. The lowest BCUT2D eigenvalue weighted by Crippen LogP contribution is -2.11. The molecule has 1 N–H and O–H groups in total. The fourth-order valence-electron chi connectivity index (χ4n) is 2.34. The minimum Gasteiger partial charge on any atom is -0.298 e. The Bertz CT molecular complexity index is 1040. The summed E-state index contributed by atoms with van der Waals surface area (Å²) in [5, 5.41) is 8.12. The molecule has 8 heteroatoms. The number of fused-ring (bicyclic) bond motifs is 1. The zero-order valence-corrected chi connectivity index (χ0v) is 15.2. The zero-order valence-electron chi connectivity index (χ0n) is 12.8. The van der Waals surface area contributed by atoms with Crippen molar-refractivity contribution in [3.8, 4) is 0 Å². The van der Waals surface area contributed by atoms with Crippen LogP contribution in [0, 0.1) is 0 Å². The first-order valence-corrected chi connectivity index (χ1v) is 9.37. The molecule has 0 unspecified atom stereocenters. The van der Waals surface area contributed by atoms with Crippen LogP contribution >= 0.6 is 34.5 Å². The molecule has 0 saturated carbocycles. The number of hydrogen-bond donors (Lipinski definition) is 1. The first-order valence-electron chi connectivity index (χ1n) is 7.40. The van der Waals surface area contributed by atoms with Gasteiger partial charge in [-0.25, -0.2) is 4.98 Å². The van der Waals surface area contributed by atoms with Gasteiger partial charge in [-0.05, 0) is 47.4 Å². The van der Waals surface area contributed by atoms with Crippen molar-refractivity contribution in [2.45, 2.75) is 6.42 Å². The Hall–Kier alpha value is -2.35. The van der Waals surface area contributed by atoms with Crippen molar-refractivity contribution in [3.63, 3.8) is 0 Å². The Labute approximate surface area is 156 Å². The predicted molar refractivity (Wildman–Crippen MR) is 102 cm³/mol. The van der Waals surface area contributed by atoms with Gasteiger partial charge in [0.25, 0.3) is 5.91 Å². The molecule has 4 rings (SSSR count). The largest absolute Gasteiger partial charge is 0.298 e. The second-order valence-electron chi connectivity index (χ2n) is 5.34. The van der Waals surface area contributed by atoms with E-state index >= 15 is 0 Å². The Kier molecular flexibility index (Phi) is 4.44. The average molecular weight is 387 g/mol. The van der Waals surface area contributed by atoms with E-state index in [9.17, 15) is 4.79 Å². The molecule has 2 aromatic heterocycles. The highest BCUT2D eigenvalue weighted by atomic mass is 35.5. The topological polar surface area (TPSA) is 67.8 Å². The molecule has 0 aliphatic heterocycles. The Morgan fingerprint density at radius 3 is 2.84 bits per heavy atom. The minimum absolute atomic E-state index is 0.206. The van der Waals surface area contributed by atoms with Crippen molar-refractivity contribution < 1.29 is 4.79 Å². The first kappa shape index (κ1) is 16.1. The van der Waals surface area contributed by atoms with Gasteiger partial charge in [0, 0.05) is 28.1 Å². The molecule has 0 aliphatic carbocycles. The van der Waals surface area contributed by atoms with Crippen molar-refractivity contribution in [3.05, 3.63) is 69.7 Å². The fourth-order valence-corrected chi connectivity index (χ4v) is 3.85. The molecule has 5 nitrogen and oxygen atoms in total. The van der Waals surface area contributed by atoms with E-state index in [1.165, 1.54) is 22.9 Å². The number of halogens is 1. The third kappa shape index (κ3) is 3.68. The molecule has 0 radical (unpaired) electrons. The summed E-state index contributed by atoms with van der Waals surface area (Å²) >= 11 is 8.66. The number of rotatable bonds is 4. The van der Waals surface area contributed by atoms with Crippen LogP contribution in [0.2, 0.25) is 5.02 Å². The molecule has 0 saturated heterocycles. The van der Waals surface area contributed by atoms with Gasteiger partial charge in [-0.3, -0.25) is 10.1 Å². The van der Waals surface area contributed by atoms with Crippen LogP contribution in [-0.2, 0) is 6.42 Å². The molecule has 0 bridgehead atoms. The van der Waals surface area contributed by atoms with Gasteiger partial charge in [0.2, 0.25) is 0 Å². The normalized spacial score (nSPS) is 10.9. The monoisotopic (exact) mass is 386 g/mol. The van der Waals surface area contributed by atoms with Crippen molar-refractivity contribution in [2.75, 3.05) is 5.32 Å². The second kappa shape index (κ2) is 6.87. The van der Waals surface area contributed by atoms with Gasteiger partial charge in [0.05, 0.1) is 4.70 Å². The van der Waals surface area contributed by atoms with Crippen LogP contribution < -0.4 is 5.32 Å². The number of thiazole rings is 1. The van der Waals surface area contributed by atoms with Crippen LogP contribution in [0.5, 0.6) is 0 Å².